The second-order valence-electron chi connectivity index (χ2n) is 5.13. The number of benzene rings is 1. The highest BCUT2D eigenvalue weighted by Gasteiger charge is 2.15. The number of rotatable bonds is 5. The highest BCUT2D eigenvalue weighted by atomic mass is 35.5. The SMILES string of the molecule is Cc1ccc(C)c(NC(=O)CNCC2CCCO2)c1.Cl. The molecule has 1 aromatic rings. The minimum atomic E-state index is -0.00769. The van der Waals surface area contributed by atoms with Crippen molar-refractivity contribution in [2.75, 3.05) is 25.0 Å². The van der Waals surface area contributed by atoms with Crippen molar-refractivity contribution in [2.24, 2.45) is 0 Å². The van der Waals surface area contributed by atoms with Gasteiger partial charge in [-0.3, -0.25) is 4.79 Å². The van der Waals surface area contributed by atoms with E-state index in [1.807, 2.05) is 32.0 Å². The van der Waals surface area contributed by atoms with E-state index in [0.717, 1.165) is 42.8 Å². The molecule has 20 heavy (non-hydrogen) atoms. The number of nitrogens with one attached hydrogen (secondary N) is 2. The maximum atomic E-state index is 11.8. The summed E-state index contributed by atoms with van der Waals surface area (Å²) in [6, 6.07) is 6.05. The minimum absolute atomic E-state index is 0. The molecule has 1 amide bonds. The monoisotopic (exact) mass is 298 g/mol. The summed E-state index contributed by atoms with van der Waals surface area (Å²) in [7, 11) is 0. The van der Waals surface area contributed by atoms with Gasteiger partial charge in [0, 0.05) is 18.8 Å². The van der Waals surface area contributed by atoms with Gasteiger partial charge in [-0.15, -0.1) is 12.4 Å². The first-order valence-electron chi connectivity index (χ1n) is 6.84. The second kappa shape index (κ2) is 8.25. The molecule has 1 aliphatic rings. The molecule has 5 heteroatoms. The molecule has 112 valence electrons. The lowest BCUT2D eigenvalue weighted by molar-refractivity contribution is -0.115. The van der Waals surface area contributed by atoms with Crippen LogP contribution in [0.15, 0.2) is 18.2 Å². The highest BCUT2D eigenvalue weighted by molar-refractivity contribution is 5.93. The van der Waals surface area contributed by atoms with Crippen molar-refractivity contribution < 1.29 is 9.53 Å². The number of anilines is 1. The van der Waals surface area contributed by atoms with Gasteiger partial charge in [-0.25, -0.2) is 0 Å². The fourth-order valence-electron chi connectivity index (χ4n) is 2.22. The second-order valence-corrected chi connectivity index (χ2v) is 5.13. The van der Waals surface area contributed by atoms with Crippen LogP contribution in [0.5, 0.6) is 0 Å². The quantitative estimate of drug-likeness (QED) is 0.878. The normalized spacial score (nSPS) is 17.6. The van der Waals surface area contributed by atoms with Gasteiger partial charge >= 0.3 is 0 Å². The van der Waals surface area contributed by atoms with Gasteiger partial charge in [0.05, 0.1) is 12.6 Å². The van der Waals surface area contributed by atoms with E-state index in [1.165, 1.54) is 0 Å². The molecule has 1 unspecified atom stereocenters. The molecule has 1 atom stereocenters. The largest absolute Gasteiger partial charge is 0.377 e. The average Bonchev–Trinajstić information content (AvgIpc) is 2.87. The van der Waals surface area contributed by atoms with Crippen LogP contribution in [0.2, 0.25) is 0 Å². The van der Waals surface area contributed by atoms with Gasteiger partial charge in [-0.05, 0) is 43.9 Å². The molecule has 1 heterocycles. The third-order valence-electron chi connectivity index (χ3n) is 3.35. The predicted molar refractivity (Wildman–Crippen MR) is 83.6 cm³/mol. The molecule has 1 aromatic carbocycles. The van der Waals surface area contributed by atoms with E-state index in [1.54, 1.807) is 0 Å². The van der Waals surface area contributed by atoms with E-state index in [-0.39, 0.29) is 24.4 Å². The fraction of sp³-hybridized carbons (Fsp3) is 0.533. The molecular weight excluding hydrogens is 276 g/mol. The van der Waals surface area contributed by atoms with Crippen LogP contribution in [-0.2, 0) is 9.53 Å². The average molecular weight is 299 g/mol. The highest BCUT2D eigenvalue weighted by Crippen LogP contribution is 2.16. The zero-order valence-electron chi connectivity index (χ0n) is 12.1. The van der Waals surface area contributed by atoms with Crippen LogP contribution in [0.25, 0.3) is 0 Å². The molecule has 0 bridgehead atoms. The number of halogens is 1. The smallest absolute Gasteiger partial charge is 0.238 e. The van der Waals surface area contributed by atoms with Crippen molar-refractivity contribution in [3.63, 3.8) is 0 Å². The maximum absolute atomic E-state index is 11.8. The van der Waals surface area contributed by atoms with Gasteiger partial charge in [0.2, 0.25) is 5.91 Å². The number of ether oxygens (including phenoxy) is 1. The first-order chi connectivity index (χ1) is 9.15. The number of aryl methyl sites for hydroxylation is 2. The Balaban J connectivity index is 0.00000200. The molecule has 0 radical (unpaired) electrons. The van der Waals surface area contributed by atoms with E-state index in [4.69, 9.17) is 4.74 Å². The standard InChI is InChI=1S/C15H22N2O2.ClH/c1-11-5-6-12(2)14(8-11)17-15(18)10-16-9-13-4-3-7-19-13;/h5-6,8,13,16H,3-4,7,9-10H2,1-2H3,(H,17,18);1H. The molecule has 2 N–H and O–H groups in total. The molecule has 4 nitrogen and oxygen atoms in total. The van der Waals surface area contributed by atoms with Crippen LogP contribution >= 0.6 is 12.4 Å². The van der Waals surface area contributed by atoms with E-state index < -0.39 is 0 Å². The van der Waals surface area contributed by atoms with Gasteiger partial charge < -0.3 is 15.4 Å². The van der Waals surface area contributed by atoms with E-state index in [0.29, 0.717) is 6.54 Å². The number of carbonyl (C=O) groups excluding carboxylic acids is 1. The first-order valence-corrected chi connectivity index (χ1v) is 6.84. The molecule has 2 rings (SSSR count). The molecular formula is C15H23ClN2O2. The predicted octanol–water partition coefficient (Wildman–Crippen LogP) is 2.43. The van der Waals surface area contributed by atoms with Crippen molar-refractivity contribution in [1.82, 2.24) is 5.32 Å². The zero-order valence-corrected chi connectivity index (χ0v) is 12.9. The summed E-state index contributed by atoms with van der Waals surface area (Å²) >= 11 is 0. The Labute approximate surface area is 126 Å². The van der Waals surface area contributed by atoms with Gasteiger partial charge in [0.15, 0.2) is 0 Å². The first kappa shape index (κ1) is 17.0. The van der Waals surface area contributed by atoms with Crippen molar-refractivity contribution in [3.8, 4) is 0 Å². The Bertz CT molecular complexity index is 445. The summed E-state index contributed by atoms with van der Waals surface area (Å²) in [4.78, 5) is 11.8. The van der Waals surface area contributed by atoms with Crippen LogP contribution in [0.3, 0.4) is 0 Å². The molecule has 0 aromatic heterocycles. The lowest BCUT2D eigenvalue weighted by Crippen LogP contribution is -2.33. The van der Waals surface area contributed by atoms with Crippen LogP contribution in [-0.4, -0.2) is 31.7 Å². The molecule has 0 spiro atoms. The summed E-state index contributed by atoms with van der Waals surface area (Å²) in [5, 5.41) is 6.08. The molecule has 0 aliphatic carbocycles. The van der Waals surface area contributed by atoms with Crippen molar-refractivity contribution in [1.29, 1.82) is 0 Å². The fourth-order valence-corrected chi connectivity index (χ4v) is 2.22. The third kappa shape index (κ3) is 5.12. The Morgan fingerprint density at radius 3 is 2.90 bits per heavy atom. The van der Waals surface area contributed by atoms with Crippen LogP contribution < -0.4 is 10.6 Å². The summed E-state index contributed by atoms with van der Waals surface area (Å²) < 4.78 is 5.49. The third-order valence-corrected chi connectivity index (χ3v) is 3.35. The maximum Gasteiger partial charge on any atom is 0.238 e. The van der Waals surface area contributed by atoms with Crippen LogP contribution in [0.1, 0.15) is 24.0 Å². The molecule has 1 saturated heterocycles. The van der Waals surface area contributed by atoms with E-state index in [9.17, 15) is 4.79 Å². The Kier molecular flexibility index (Phi) is 6.99. The van der Waals surface area contributed by atoms with Crippen molar-refractivity contribution in [3.05, 3.63) is 29.3 Å². The van der Waals surface area contributed by atoms with Gasteiger partial charge in [-0.2, -0.15) is 0 Å². The van der Waals surface area contributed by atoms with E-state index in [2.05, 4.69) is 10.6 Å². The van der Waals surface area contributed by atoms with Crippen LogP contribution in [0.4, 0.5) is 5.69 Å². The molecule has 1 aliphatic heterocycles. The summed E-state index contributed by atoms with van der Waals surface area (Å²) in [6.07, 6.45) is 2.49. The number of hydrogen-bond donors (Lipinski definition) is 2. The Morgan fingerprint density at radius 1 is 1.40 bits per heavy atom. The summed E-state index contributed by atoms with van der Waals surface area (Å²) in [6.45, 7) is 5.94. The number of hydrogen-bond acceptors (Lipinski definition) is 3. The molecule has 1 fully saturated rings. The van der Waals surface area contributed by atoms with Gasteiger partial charge in [0.1, 0.15) is 0 Å². The zero-order chi connectivity index (χ0) is 13.7. The lowest BCUT2D eigenvalue weighted by atomic mass is 10.1. The van der Waals surface area contributed by atoms with Gasteiger partial charge in [0.25, 0.3) is 0 Å². The molecule has 0 saturated carbocycles. The number of amides is 1. The van der Waals surface area contributed by atoms with Crippen molar-refractivity contribution in [2.45, 2.75) is 32.8 Å². The van der Waals surface area contributed by atoms with Crippen molar-refractivity contribution >= 4 is 24.0 Å². The Hall–Kier alpha value is -1.10. The Morgan fingerprint density at radius 2 is 2.20 bits per heavy atom. The number of carbonyl (C=O) groups is 1. The topological polar surface area (TPSA) is 50.4 Å². The van der Waals surface area contributed by atoms with E-state index >= 15 is 0 Å². The van der Waals surface area contributed by atoms with Gasteiger partial charge in [-0.1, -0.05) is 12.1 Å². The summed E-state index contributed by atoms with van der Waals surface area (Å²) in [5.41, 5.74) is 3.12. The summed E-state index contributed by atoms with van der Waals surface area (Å²) in [5.74, 6) is -0.00769. The lowest BCUT2D eigenvalue weighted by Gasteiger charge is -2.12. The minimum Gasteiger partial charge on any atom is -0.377 e. The van der Waals surface area contributed by atoms with Crippen LogP contribution in [0, 0.1) is 13.8 Å².